The van der Waals surface area contributed by atoms with E-state index >= 15 is 0 Å². The van der Waals surface area contributed by atoms with Crippen molar-refractivity contribution in [1.29, 1.82) is 0 Å². The second-order valence-corrected chi connectivity index (χ2v) is 10.3. The second-order valence-electron chi connectivity index (χ2n) is 9.83. The van der Waals surface area contributed by atoms with Gasteiger partial charge in [0, 0.05) is 50.2 Å². The second kappa shape index (κ2) is 12.4. The van der Waals surface area contributed by atoms with Crippen LogP contribution in [0.4, 0.5) is 25.8 Å². The van der Waals surface area contributed by atoms with Crippen molar-refractivity contribution < 1.29 is 23.5 Å². The van der Waals surface area contributed by atoms with Crippen molar-refractivity contribution in [3.05, 3.63) is 89.0 Å². The Morgan fingerprint density at radius 3 is 2.35 bits per heavy atom. The number of hydrogen-bond donors (Lipinski definition) is 2. The molecule has 1 heterocycles. The van der Waals surface area contributed by atoms with E-state index in [2.05, 4.69) is 10.4 Å². The first kappa shape index (κ1) is 29.0. The monoisotopic (exact) mass is 569 g/mol. The molecule has 40 heavy (non-hydrogen) atoms. The van der Waals surface area contributed by atoms with Crippen LogP contribution in [-0.2, 0) is 16.0 Å². The van der Waals surface area contributed by atoms with Gasteiger partial charge in [0.05, 0.1) is 24.3 Å². The Kier molecular flexibility index (Phi) is 9.01. The van der Waals surface area contributed by atoms with Gasteiger partial charge < -0.3 is 20.2 Å². The molecule has 0 aromatic heterocycles. The minimum absolute atomic E-state index is 0.0467. The lowest BCUT2D eigenvalue weighted by atomic mass is 9.99. The molecule has 0 aliphatic carbocycles. The van der Waals surface area contributed by atoms with E-state index < -0.39 is 35.6 Å². The summed E-state index contributed by atoms with van der Waals surface area (Å²) in [5.74, 6) is -2.60. The lowest BCUT2D eigenvalue weighted by Gasteiger charge is -2.29. The predicted molar refractivity (Wildman–Crippen MR) is 153 cm³/mol. The molecular formula is C29H30ClF2N5O3. The summed E-state index contributed by atoms with van der Waals surface area (Å²) in [5, 5.41) is 19.8. The van der Waals surface area contributed by atoms with Crippen LogP contribution in [0, 0.1) is 11.6 Å². The van der Waals surface area contributed by atoms with Crippen molar-refractivity contribution in [2.75, 3.05) is 42.5 Å². The molecule has 0 unspecified atom stereocenters. The Labute approximate surface area is 236 Å². The standard InChI is InChI=1S/C29H30ClF2N5O3/c1-35(2)23-5-4-6-24(15-23)36(3)17-27(38)25(13-18-11-20(31)14-21(32)12-18)33-29(40)26-16-28(39)37(34-26)22-9-7-19(30)8-10-22/h4-12,14-15,25,27,38H,13,16-17H2,1-3H3,(H,33,40)/t25-,27+/m0/s1. The maximum absolute atomic E-state index is 13.9. The van der Waals surface area contributed by atoms with E-state index in [-0.39, 0.29) is 30.7 Å². The zero-order valence-corrected chi connectivity index (χ0v) is 23.1. The zero-order chi connectivity index (χ0) is 29.0. The van der Waals surface area contributed by atoms with Gasteiger partial charge in [-0.25, -0.2) is 8.78 Å². The number of aliphatic hydroxyl groups excluding tert-OH is 1. The summed E-state index contributed by atoms with van der Waals surface area (Å²) in [6.07, 6.45) is -1.45. The normalized spacial score (nSPS) is 14.5. The number of hydrazone groups is 1. The third-order valence-electron chi connectivity index (χ3n) is 6.52. The maximum atomic E-state index is 13.9. The van der Waals surface area contributed by atoms with Gasteiger partial charge in [0.25, 0.3) is 11.8 Å². The molecule has 3 aromatic carbocycles. The average Bonchev–Trinajstić information content (AvgIpc) is 3.29. The van der Waals surface area contributed by atoms with Crippen LogP contribution in [0.25, 0.3) is 0 Å². The highest BCUT2D eigenvalue weighted by Gasteiger charge is 2.32. The van der Waals surface area contributed by atoms with Crippen molar-refractivity contribution in [3.8, 4) is 0 Å². The van der Waals surface area contributed by atoms with Gasteiger partial charge in [0.15, 0.2) is 0 Å². The van der Waals surface area contributed by atoms with Gasteiger partial charge in [-0.15, -0.1) is 0 Å². The van der Waals surface area contributed by atoms with Crippen LogP contribution in [-0.4, -0.2) is 62.5 Å². The van der Waals surface area contributed by atoms with E-state index in [9.17, 15) is 23.5 Å². The molecule has 2 amide bonds. The lowest BCUT2D eigenvalue weighted by molar-refractivity contribution is -0.118. The van der Waals surface area contributed by atoms with Crippen LogP contribution in [0.15, 0.2) is 71.8 Å². The van der Waals surface area contributed by atoms with Gasteiger partial charge in [-0.3, -0.25) is 9.59 Å². The van der Waals surface area contributed by atoms with E-state index in [1.165, 1.54) is 0 Å². The number of halogens is 3. The first-order valence-electron chi connectivity index (χ1n) is 12.6. The molecule has 4 rings (SSSR count). The van der Waals surface area contributed by atoms with Crippen LogP contribution >= 0.6 is 11.6 Å². The van der Waals surface area contributed by atoms with Crippen molar-refractivity contribution >= 4 is 46.2 Å². The van der Waals surface area contributed by atoms with Crippen molar-refractivity contribution in [1.82, 2.24) is 5.32 Å². The highest BCUT2D eigenvalue weighted by atomic mass is 35.5. The van der Waals surface area contributed by atoms with Crippen molar-refractivity contribution in [2.45, 2.75) is 25.0 Å². The van der Waals surface area contributed by atoms with Crippen LogP contribution in [0.3, 0.4) is 0 Å². The largest absolute Gasteiger partial charge is 0.389 e. The number of likely N-dealkylation sites (N-methyl/N-ethyl adjacent to an activating group) is 1. The number of nitrogens with zero attached hydrogens (tertiary/aromatic N) is 4. The molecule has 0 bridgehead atoms. The summed E-state index contributed by atoms with van der Waals surface area (Å²) in [6.45, 7) is 0.0991. The molecule has 210 valence electrons. The summed E-state index contributed by atoms with van der Waals surface area (Å²) >= 11 is 5.92. The molecule has 2 atom stereocenters. The van der Waals surface area contributed by atoms with Gasteiger partial charge in [0.2, 0.25) is 0 Å². The smallest absolute Gasteiger partial charge is 0.268 e. The van der Waals surface area contributed by atoms with Gasteiger partial charge in [0.1, 0.15) is 17.3 Å². The van der Waals surface area contributed by atoms with Gasteiger partial charge >= 0.3 is 0 Å². The first-order valence-corrected chi connectivity index (χ1v) is 13.0. The molecule has 0 fully saturated rings. The SMILES string of the molecule is CN(C)c1cccc(N(C)C[C@@H](O)[C@H](Cc2cc(F)cc(F)c2)NC(=O)C2=NN(c3ccc(Cl)cc3)C(=O)C2)c1. The summed E-state index contributed by atoms with van der Waals surface area (Å²) in [4.78, 5) is 29.6. The third-order valence-corrected chi connectivity index (χ3v) is 6.77. The molecule has 1 aliphatic rings. The number of carbonyl (C=O) groups excluding carboxylic acids is 2. The van der Waals surface area contributed by atoms with Crippen molar-refractivity contribution in [2.24, 2.45) is 5.10 Å². The minimum atomic E-state index is -1.15. The Bertz CT molecular complexity index is 1400. The fourth-order valence-electron chi connectivity index (χ4n) is 4.38. The number of rotatable bonds is 10. The highest BCUT2D eigenvalue weighted by Crippen LogP contribution is 2.24. The molecule has 2 N–H and O–H groups in total. The third kappa shape index (κ3) is 7.13. The number of benzene rings is 3. The van der Waals surface area contributed by atoms with E-state index in [1.807, 2.05) is 48.2 Å². The van der Waals surface area contributed by atoms with Gasteiger partial charge in [-0.1, -0.05) is 17.7 Å². The quantitative estimate of drug-likeness (QED) is 0.385. The van der Waals surface area contributed by atoms with Gasteiger partial charge in [-0.05, 0) is 66.6 Å². The van der Waals surface area contributed by atoms with Gasteiger partial charge in [-0.2, -0.15) is 10.1 Å². The Morgan fingerprint density at radius 1 is 1.05 bits per heavy atom. The number of aliphatic hydroxyl groups is 1. The number of carbonyl (C=O) groups is 2. The van der Waals surface area contributed by atoms with E-state index in [0.29, 0.717) is 10.7 Å². The average molecular weight is 570 g/mol. The highest BCUT2D eigenvalue weighted by molar-refractivity contribution is 6.44. The lowest BCUT2D eigenvalue weighted by Crippen LogP contribution is -2.50. The Balaban J connectivity index is 1.54. The molecule has 11 heteroatoms. The fraction of sp³-hybridized carbons (Fsp3) is 0.276. The van der Waals surface area contributed by atoms with E-state index in [0.717, 1.165) is 34.6 Å². The molecule has 0 radical (unpaired) electrons. The summed E-state index contributed by atoms with van der Waals surface area (Å²) in [6, 6.07) is 16.2. The summed E-state index contributed by atoms with van der Waals surface area (Å²) in [7, 11) is 5.63. The zero-order valence-electron chi connectivity index (χ0n) is 22.3. The van der Waals surface area contributed by atoms with Crippen LogP contribution in [0.5, 0.6) is 0 Å². The first-order chi connectivity index (χ1) is 19.0. The fourth-order valence-corrected chi connectivity index (χ4v) is 4.51. The Hall–Kier alpha value is -4.02. The molecule has 1 aliphatic heterocycles. The van der Waals surface area contributed by atoms with Crippen LogP contribution in [0.2, 0.25) is 5.02 Å². The number of nitrogens with one attached hydrogen (secondary N) is 1. The maximum Gasteiger partial charge on any atom is 0.268 e. The summed E-state index contributed by atoms with van der Waals surface area (Å²) in [5.41, 5.74) is 2.45. The van der Waals surface area contributed by atoms with Crippen LogP contribution < -0.4 is 20.1 Å². The number of hydrogen-bond acceptors (Lipinski definition) is 6. The molecule has 0 spiro atoms. The molecule has 8 nitrogen and oxygen atoms in total. The van der Waals surface area contributed by atoms with Crippen molar-refractivity contribution in [3.63, 3.8) is 0 Å². The summed E-state index contributed by atoms with van der Waals surface area (Å²) < 4.78 is 27.8. The number of anilines is 3. The molecular weight excluding hydrogens is 540 g/mol. The van der Waals surface area contributed by atoms with E-state index in [1.54, 1.807) is 31.3 Å². The molecule has 3 aromatic rings. The van der Waals surface area contributed by atoms with E-state index in [4.69, 9.17) is 11.6 Å². The molecule has 0 saturated heterocycles. The topological polar surface area (TPSA) is 88.5 Å². The molecule has 0 saturated carbocycles. The Morgan fingerprint density at radius 2 is 1.70 bits per heavy atom. The van der Waals surface area contributed by atoms with Crippen LogP contribution in [0.1, 0.15) is 12.0 Å². The predicted octanol–water partition coefficient (Wildman–Crippen LogP) is 4.00. The minimum Gasteiger partial charge on any atom is -0.389 e. The number of amides is 2.